The number of hydrogen-bond acceptors (Lipinski definition) is 3. The SMILES string of the molecule is CC[C@@H](CSc1ccccc1)[C@@H](O)COCc1ccccc1. The third-order valence-electron chi connectivity index (χ3n) is 3.68. The first-order valence-electron chi connectivity index (χ1n) is 7.77. The van der Waals surface area contributed by atoms with Crippen molar-refractivity contribution in [2.45, 2.75) is 31.0 Å². The molecule has 0 aromatic heterocycles. The monoisotopic (exact) mass is 316 g/mol. The molecule has 0 fully saturated rings. The van der Waals surface area contributed by atoms with Gasteiger partial charge in [0.05, 0.1) is 19.3 Å². The third-order valence-corrected chi connectivity index (χ3v) is 4.88. The summed E-state index contributed by atoms with van der Waals surface area (Å²) < 4.78 is 5.66. The van der Waals surface area contributed by atoms with Crippen LogP contribution in [0, 0.1) is 5.92 Å². The van der Waals surface area contributed by atoms with Gasteiger partial charge in [-0.25, -0.2) is 0 Å². The van der Waals surface area contributed by atoms with Gasteiger partial charge in [0, 0.05) is 10.6 Å². The highest BCUT2D eigenvalue weighted by Crippen LogP contribution is 2.23. The lowest BCUT2D eigenvalue weighted by Gasteiger charge is -2.21. The van der Waals surface area contributed by atoms with Gasteiger partial charge in [0.15, 0.2) is 0 Å². The molecule has 1 N–H and O–H groups in total. The van der Waals surface area contributed by atoms with Crippen LogP contribution >= 0.6 is 11.8 Å². The summed E-state index contributed by atoms with van der Waals surface area (Å²) >= 11 is 1.80. The number of thioether (sulfide) groups is 1. The molecule has 0 aliphatic carbocycles. The largest absolute Gasteiger partial charge is 0.390 e. The fourth-order valence-corrected chi connectivity index (χ4v) is 3.44. The second-order valence-electron chi connectivity index (χ2n) is 5.36. The standard InChI is InChI=1S/C19H24O2S/c1-2-17(15-22-18-11-7-4-8-12-18)19(20)14-21-13-16-9-5-3-6-10-16/h3-12,17,19-20H,2,13-15H2,1H3/t17-,19-/m0/s1. The van der Waals surface area contributed by atoms with Gasteiger partial charge in [-0.1, -0.05) is 55.5 Å². The van der Waals surface area contributed by atoms with Gasteiger partial charge < -0.3 is 9.84 Å². The molecule has 2 atom stereocenters. The molecule has 0 aliphatic heterocycles. The van der Waals surface area contributed by atoms with Crippen molar-refractivity contribution in [3.63, 3.8) is 0 Å². The lowest BCUT2D eigenvalue weighted by molar-refractivity contribution is 0.00245. The number of benzene rings is 2. The number of hydrogen-bond donors (Lipinski definition) is 1. The molecule has 0 unspecified atom stereocenters. The number of ether oxygens (including phenoxy) is 1. The minimum atomic E-state index is -0.412. The average Bonchev–Trinajstić information content (AvgIpc) is 2.57. The Morgan fingerprint density at radius 1 is 1.00 bits per heavy atom. The molecule has 2 aromatic rings. The van der Waals surface area contributed by atoms with E-state index in [4.69, 9.17) is 4.74 Å². The maximum Gasteiger partial charge on any atom is 0.0809 e. The van der Waals surface area contributed by atoms with Crippen molar-refractivity contribution in [2.24, 2.45) is 5.92 Å². The molecular weight excluding hydrogens is 292 g/mol. The maximum atomic E-state index is 10.3. The highest BCUT2D eigenvalue weighted by molar-refractivity contribution is 7.99. The molecular formula is C19H24O2S. The summed E-state index contributed by atoms with van der Waals surface area (Å²) in [5.41, 5.74) is 1.14. The summed E-state index contributed by atoms with van der Waals surface area (Å²) in [6.45, 7) is 3.07. The summed E-state index contributed by atoms with van der Waals surface area (Å²) in [6, 6.07) is 20.4. The van der Waals surface area contributed by atoms with Gasteiger partial charge in [-0.2, -0.15) is 0 Å². The Morgan fingerprint density at radius 2 is 1.64 bits per heavy atom. The van der Waals surface area contributed by atoms with Gasteiger partial charge >= 0.3 is 0 Å². The van der Waals surface area contributed by atoms with E-state index in [2.05, 4.69) is 19.1 Å². The van der Waals surface area contributed by atoms with E-state index in [1.165, 1.54) is 4.90 Å². The van der Waals surface area contributed by atoms with Gasteiger partial charge in [0.2, 0.25) is 0 Å². The molecule has 2 nitrogen and oxygen atoms in total. The number of rotatable bonds is 9. The quantitative estimate of drug-likeness (QED) is 0.696. The Balaban J connectivity index is 1.73. The van der Waals surface area contributed by atoms with E-state index in [0.29, 0.717) is 13.2 Å². The maximum absolute atomic E-state index is 10.3. The van der Waals surface area contributed by atoms with Crippen LogP contribution in [0.3, 0.4) is 0 Å². The molecule has 0 saturated heterocycles. The number of aliphatic hydroxyl groups excluding tert-OH is 1. The van der Waals surface area contributed by atoms with Crippen LogP contribution < -0.4 is 0 Å². The molecule has 0 heterocycles. The molecule has 0 aliphatic rings. The summed E-state index contributed by atoms with van der Waals surface area (Å²) in [4.78, 5) is 1.25. The molecule has 0 amide bonds. The van der Waals surface area contributed by atoms with Crippen LogP contribution in [0.15, 0.2) is 65.6 Å². The summed E-state index contributed by atoms with van der Waals surface area (Å²) in [5, 5.41) is 10.3. The van der Waals surface area contributed by atoms with Crippen molar-refractivity contribution in [1.29, 1.82) is 0 Å². The van der Waals surface area contributed by atoms with Gasteiger partial charge in [-0.3, -0.25) is 0 Å². The van der Waals surface area contributed by atoms with Crippen LogP contribution in [0.1, 0.15) is 18.9 Å². The van der Waals surface area contributed by atoms with Crippen LogP contribution in [0.25, 0.3) is 0 Å². The molecule has 22 heavy (non-hydrogen) atoms. The zero-order valence-corrected chi connectivity index (χ0v) is 13.8. The van der Waals surface area contributed by atoms with E-state index in [1.54, 1.807) is 11.8 Å². The van der Waals surface area contributed by atoms with E-state index in [0.717, 1.165) is 17.7 Å². The van der Waals surface area contributed by atoms with Gasteiger partial charge in [0.1, 0.15) is 0 Å². The first kappa shape index (κ1) is 17.1. The molecule has 3 heteroatoms. The molecule has 2 aromatic carbocycles. The molecule has 118 valence electrons. The average molecular weight is 316 g/mol. The highest BCUT2D eigenvalue weighted by atomic mass is 32.2. The molecule has 0 saturated carbocycles. The van der Waals surface area contributed by atoms with E-state index in [1.807, 2.05) is 48.5 Å². The second-order valence-corrected chi connectivity index (χ2v) is 6.45. The van der Waals surface area contributed by atoms with E-state index in [-0.39, 0.29) is 5.92 Å². The first-order valence-corrected chi connectivity index (χ1v) is 8.75. The van der Waals surface area contributed by atoms with Crippen LogP contribution in [0.4, 0.5) is 0 Å². The van der Waals surface area contributed by atoms with Crippen LogP contribution in [0.5, 0.6) is 0 Å². The first-order chi connectivity index (χ1) is 10.8. The van der Waals surface area contributed by atoms with Crippen molar-refractivity contribution in [3.05, 3.63) is 66.2 Å². The molecule has 2 rings (SSSR count). The normalized spacial score (nSPS) is 13.7. The third kappa shape index (κ3) is 5.84. The predicted octanol–water partition coefficient (Wildman–Crippen LogP) is 4.38. The summed E-state index contributed by atoms with van der Waals surface area (Å²) in [5.74, 6) is 1.16. The van der Waals surface area contributed by atoms with Gasteiger partial charge in [-0.05, 0) is 30.0 Å². The molecule has 0 radical (unpaired) electrons. The summed E-state index contributed by atoms with van der Waals surface area (Å²) in [7, 11) is 0. The van der Waals surface area contributed by atoms with E-state index >= 15 is 0 Å². The van der Waals surface area contributed by atoms with Gasteiger partial charge in [-0.15, -0.1) is 11.8 Å². The van der Waals surface area contributed by atoms with Crippen molar-refractivity contribution in [1.82, 2.24) is 0 Å². The zero-order chi connectivity index (χ0) is 15.6. The Morgan fingerprint density at radius 3 is 2.27 bits per heavy atom. The van der Waals surface area contributed by atoms with Gasteiger partial charge in [0.25, 0.3) is 0 Å². The van der Waals surface area contributed by atoms with E-state index < -0.39 is 6.10 Å². The van der Waals surface area contributed by atoms with Crippen molar-refractivity contribution >= 4 is 11.8 Å². The van der Waals surface area contributed by atoms with Crippen LogP contribution in [-0.4, -0.2) is 23.6 Å². The minimum Gasteiger partial charge on any atom is -0.390 e. The predicted molar refractivity (Wildman–Crippen MR) is 93.1 cm³/mol. The minimum absolute atomic E-state index is 0.251. The molecule has 0 spiro atoms. The Hall–Kier alpha value is -1.29. The van der Waals surface area contributed by atoms with Crippen molar-refractivity contribution in [2.75, 3.05) is 12.4 Å². The lowest BCUT2D eigenvalue weighted by atomic mass is 10.0. The smallest absolute Gasteiger partial charge is 0.0809 e. The zero-order valence-electron chi connectivity index (χ0n) is 13.0. The Kier molecular flexibility index (Phi) is 7.50. The number of aliphatic hydroxyl groups is 1. The fraction of sp³-hybridized carbons (Fsp3) is 0.368. The topological polar surface area (TPSA) is 29.5 Å². The van der Waals surface area contributed by atoms with Crippen LogP contribution in [0.2, 0.25) is 0 Å². The van der Waals surface area contributed by atoms with Crippen molar-refractivity contribution < 1.29 is 9.84 Å². The Labute approximate surface area is 137 Å². The highest BCUT2D eigenvalue weighted by Gasteiger charge is 2.18. The van der Waals surface area contributed by atoms with E-state index in [9.17, 15) is 5.11 Å². The lowest BCUT2D eigenvalue weighted by Crippen LogP contribution is -2.27. The molecule has 0 bridgehead atoms. The van der Waals surface area contributed by atoms with Crippen molar-refractivity contribution in [3.8, 4) is 0 Å². The fourth-order valence-electron chi connectivity index (χ4n) is 2.23. The van der Waals surface area contributed by atoms with Crippen LogP contribution in [-0.2, 0) is 11.3 Å². The second kappa shape index (κ2) is 9.67. The Bertz CT molecular complexity index is 515. The summed E-state index contributed by atoms with van der Waals surface area (Å²) in [6.07, 6.45) is 0.542.